The van der Waals surface area contributed by atoms with Crippen molar-refractivity contribution in [3.05, 3.63) is 29.3 Å². The molecule has 3 aliphatic carbocycles. The fraction of sp³-hybridized carbons (Fsp3) is 0.667. The molecule has 1 aromatic carbocycles. The molecule has 2 fully saturated rings. The van der Waals surface area contributed by atoms with E-state index in [9.17, 15) is 4.79 Å². The lowest BCUT2D eigenvalue weighted by Crippen LogP contribution is -2.45. The van der Waals surface area contributed by atoms with Gasteiger partial charge in [0, 0.05) is 12.3 Å². The summed E-state index contributed by atoms with van der Waals surface area (Å²) >= 11 is 0. The van der Waals surface area contributed by atoms with Gasteiger partial charge >= 0.3 is 5.97 Å². The highest BCUT2D eigenvalue weighted by atomic mass is 16.5. The van der Waals surface area contributed by atoms with Gasteiger partial charge in [0.05, 0.1) is 7.11 Å². The maximum absolute atomic E-state index is 11.5. The molecule has 0 bridgehead atoms. The van der Waals surface area contributed by atoms with Crippen molar-refractivity contribution in [3.8, 4) is 5.75 Å². The van der Waals surface area contributed by atoms with Crippen LogP contribution in [0.5, 0.6) is 5.75 Å². The van der Waals surface area contributed by atoms with Crippen molar-refractivity contribution in [2.24, 2.45) is 17.3 Å². The Morgan fingerprint density at radius 3 is 2.79 bits per heavy atom. The normalized spacial score (nSPS) is 37.1. The molecule has 24 heavy (non-hydrogen) atoms. The van der Waals surface area contributed by atoms with Crippen LogP contribution in [-0.2, 0) is 16.0 Å². The van der Waals surface area contributed by atoms with E-state index < -0.39 is 0 Å². The molecular weight excluding hydrogens is 300 g/mol. The molecule has 5 atom stereocenters. The molecule has 1 aromatic rings. The maximum atomic E-state index is 11.5. The Hall–Kier alpha value is -1.51. The van der Waals surface area contributed by atoms with E-state index in [1.807, 2.05) is 0 Å². The Labute approximate surface area is 144 Å². The average Bonchev–Trinajstić information content (AvgIpc) is 2.90. The summed E-state index contributed by atoms with van der Waals surface area (Å²) in [5.41, 5.74) is 3.20. The van der Waals surface area contributed by atoms with Gasteiger partial charge in [0.15, 0.2) is 0 Å². The van der Waals surface area contributed by atoms with Crippen molar-refractivity contribution in [1.29, 1.82) is 0 Å². The first-order valence-electron chi connectivity index (χ1n) is 9.37. The van der Waals surface area contributed by atoms with Crippen molar-refractivity contribution in [2.45, 2.75) is 64.4 Å². The van der Waals surface area contributed by atoms with Crippen LogP contribution in [0.2, 0.25) is 0 Å². The second-order valence-electron chi connectivity index (χ2n) is 8.20. The lowest BCUT2D eigenvalue weighted by molar-refractivity contribution is -0.154. The fourth-order valence-electron chi connectivity index (χ4n) is 6.03. The van der Waals surface area contributed by atoms with Gasteiger partial charge in [-0.1, -0.05) is 13.0 Å². The van der Waals surface area contributed by atoms with Crippen LogP contribution in [0, 0.1) is 17.3 Å². The average molecular weight is 328 g/mol. The number of carbonyl (C=O) groups is 1. The smallest absolute Gasteiger partial charge is 0.302 e. The quantitative estimate of drug-likeness (QED) is 0.751. The number of fused-ring (bicyclic) bond motifs is 5. The molecule has 4 rings (SSSR count). The summed E-state index contributed by atoms with van der Waals surface area (Å²) in [7, 11) is 1.74. The standard InChI is InChI=1S/C21H28O3/c1-13(22)24-20-9-8-19-18-6-4-14-12-15(23-3)5-7-16(14)17(18)10-11-21(19,20)2/h5,7,12,17-20H,4,6,8-11H2,1-3H3/t17-,18+,19-,20-,21+/m1/s1. The van der Waals surface area contributed by atoms with Crippen LogP contribution in [-0.4, -0.2) is 19.2 Å². The molecule has 0 heterocycles. The highest BCUT2D eigenvalue weighted by Crippen LogP contribution is 2.61. The molecule has 0 aromatic heterocycles. The van der Waals surface area contributed by atoms with Crippen LogP contribution in [0.1, 0.15) is 63.0 Å². The molecule has 0 saturated heterocycles. The Morgan fingerprint density at radius 2 is 2.04 bits per heavy atom. The number of methoxy groups -OCH3 is 1. The molecule has 3 heteroatoms. The highest BCUT2D eigenvalue weighted by Gasteiger charge is 2.56. The van der Waals surface area contributed by atoms with E-state index in [0.717, 1.165) is 24.5 Å². The highest BCUT2D eigenvalue weighted by molar-refractivity contribution is 5.66. The molecule has 0 N–H and O–H groups in total. The topological polar surface area (TPSA) is 35.5 Å². The molecule has 3 nitrogen and oxygen atoms in total. The van der Waals surface area contributed by atoms with Gasteiger partial charge in [0.2, 0.25) is 0 Å². The Bertz CT molecular complexity index is 652. The molecule has 130 valence electrons. The second kappa shape index (κ2) is 5.79. The summed E-state index contributed by atoms with van der Waals surface area (Å²) < 4.78 is 11.1. The Kier molecular flexibility index (Phi) is 3.85. The lowest BCUT2D eigenvalue weighted by Gasteiger charge is -2.50. The molecule has 0 amide bonds. The van der Waals surface area contributed by atoms with Crippen molar-refractivity contribution in [2.75, 3.05) is 7.11 Å². The van der Waals surface area contributed by atoms with Gasteiger partial charge in [-0.3, -0.25) is 4.79 Å². The SMILES string of the molecule is COc1ccc2c(c1)CC[C@H]1[C@@H]2CC[C@@]2(C)[C@@H]1CC[C@H]2OC(C)=O. The monoisotopic (exact) mass is 328 g/mol. The first-order valence-corrected chi connectivity index (χ1v) is 9.37. The van der Waals surface area contributed by atoms with Gasteiger partial charge in [-0.25, -0.2) is 0 Å². The van der Waals surface area contributed by atoms with E-state index in [1.54, 1.807) is 19.6 Å². The van der Waals surface area contributed by atoms with Crippen LogP contribution in [0.25, 0.3) is 0 Å². The van der Waals surface area contributed by atoms with Gasteiger partial charge in [0.1, 0.15) is 11.9 Å². The van der Waals surface area contributed by atoms with Crippen LogP contribution in [0.3, 0.4) is 0 Å². The van der Waals surface area contributed by atoms with Crippen LogP contribution >= 0.6 is 0 Å². The number of esters is 1. The minimum atomic E-state index is -0.120. The van der Waals surface area contributed by atoms with Gasteiger partial charge in [-0.2, -0.15) is 0 Å². The minimum absolute atomic E-state index is 0.120. The zero-order valence-corrected chi connectivity index (χ0v) is 15.0. The van der Waals surface area contributed by atoms with Crippen molar-refractivity contribution < 1.29 is 14.3 Å². The maximum Gasteiger partial charge on any atom is 0.302 e. The third-order valence-corrected chi connectivity index (χ3v) is 7.15. The Morgan fingerprint density at radius 1 is 1.21 bits per heavy atom. The third kappa shape index (κ3) is 2.35. The summed E-state index contributed by atoms with van der Waals surface area (Å²) in [6.07, 6.45) is 7.17. The van der Waals surface area contributed by atoms with Crippen LogP contribution < -0.4 is 4.74 Å². The number of aryl methyl sites for hydroxylation is 1. The van der Waals surface area contributed by atoms with E-state index in [0.29, 0.717) is 11.8 Å². The van der Waals surface area contributed by atoms with E-state index in [-0.39, 0.29) is 17.5 Å². The molecule has 0 radical (unpaired) electrons. The van der Waals surface area contributed by atoms with Gasteiger partial charge < -0.3 is 9.47 Å². The lowest BCUT2D eigenvalue weighted by atomic mass is 9.55. The number of rotatable bonds is 2. The van der Waals surface area contributed by atoms with Crippen LogP contribution in [0.15, 0.2) is 18.2 Å². The number of benzene rings is 1. The Balaban J connectivity index is 1.62. The zero-order valence-electron chi connectivity index (χ0n) is 15.0. The van der Waals surface area contributed by atoms with Crippen molar-refractivity contribution in [1.82, 2.24) is 0 Å². The van der Waals surface area contributed by atoms with Crippen molar-refractivity contribution in [3.63, 3.8) is 0 Å². The van der Waals surface area contributed by atoms with Crippen molar-refractivity contribution >= 4 is 5.97 Å². The number of hydrogen-bond donors (Lipinski definition) is 0. The van der Waals surface area contributed by atoms with Crippen LogP contribution in [0.4, 0.5) is 0 Å². The van der Waals surface area contributed by atoms with E-state index in [1.165, 1.54) is 31.2 Å². The summed E-state index contributed by atoms with van der Waals surface area (Å²) in [6, 6.07) is 6.65. The zero-order chi connectivity index (χ0) is 16.9. The molecule has 0 unspecified atom stereocenters. The van der Waals surface area contributed by atoms with E-state index in [4.69, 9.17) is 9.47 Å². The van der Waals surface area contributed by atoms with Gasteiger partial charge in [0.25, 0.3) is 0 Å². The summed E-state index contributed by atoms with van der Waals surface area (Å²) in [4.78, 5) is 11.5. The summed E-state index contributed by atoms with van der Waals surface area (Å²) in [5, 5.41) is 0. The number of carbonyl (C=O) groups excluding carboxylic acids is 1. The second-order valence-corrected chi connectivity index (χ2v) is 8.20. The molecule has 0 aliphatic heterocycles. The third-order valence-electron chi connectivity index (χ3n) is 7.15. The number of ether oxygens (including phenoxy) is 2. The molecular formula is C21H28O3. The largest absolute Gasteiger partial charge is 0.497 e. The van der Waals surface area contributed by atoms with E-state index in [2.05, 4.69) is 25.1 Å². The predicted molar refractivity (Wildman–Crippen MR) is 93.2 cm³/mol. The van der Waals surface area contributed by atoms with Gasteiger partial charge in [-0.05, 0) is 79.5 Å². The fourth-order valence-corrected chi connectivity index (χ4v) is 6.03. The summed E-state index contributed by atoms with van der Waals surface area (Å²) in [5.74, 6) is 2.96. The molecule has 3 aliphatic rings. The summed E-state index contributed by atoms with van der Waals surface area (Å²) in [6.45, 7) is 3.92. The predicted octanol–water partition coefficient (Wildman–Crippen LogP) is 4.48. The first-order chi connectivity index (χ1) is 11.5. The number of hydrogen-bond acceptors (Lipinski definition) is 3. The minimum Gasteiger partial charge on any atom is -0.497 e. The molecule has 0 spiro atoms. The molecule has 2 saturated carbocycles. The van der Waals surface area contributed by atoms with E-state index >= 15 is 0 Å². The van der Waals surface area contributed by atoms with Gasteiger partial charge in [-0.15, -0.1) is 0 Å². The first kappa shape index (κ1) is 16.0.